The van der Waals surface area contributed by atoms with Gasteiger partial charge in [-0.25, -0.2) is 13.1 Å². The Morgan fingerprint density at radius 1 is 1.29 bits per heavy atom. The number of hydrogen-bond donors (Lipinski definition) is 2. The van der Waals surface area contributed by atoms with Crippen LogP contribution in [0, 0.1) is 0 Å². The fourth-order valence-corrected chi connectivity index (χ4v) is 3.94. The minimum Gasteiger partial charge on any atom is -0.495 e. The Bertz CT molecular complexity index is 568. The first-order chi connectivity index (χ1) is 9.75. The minimum absolute atomic E-state index is 0.175. The molecule has 1 aromatic carbocycles. The molecule has 0 atom stereocenters. The zero-order valence-electron chi connectivity index (χ0n) is 13.5. The van der Waals surface area contributed by atoms with E-state index in [9.17, 15) is 8.42 Å². The quantitative estimate of drug-likeness (QED) is 0.772. The Labute approximate surface area is 128 Å². The van der Waals surface area contributed by atoms with Gasteiger partial charge in [0.25, 0.3) is 0 Å². The van der Waals surface area contributed by atoms with Crippen LogP contribution >= 0.6 is 0 Å². The van der Waals surface area contributed by atoms with Gasteiger partial charge in [0, 0.05) is 12.1 Å². The Kier molecular flexibility index (Phi) is 6.19. The van der Waals surface area contributed by atoms with Gasteiger partial charge in [-0.05, 0) is 45.0 Å². The van der Waals surface area contributed by atoms with Gasteiger partial charge in [0.1, 0.15) is 10.6 Å². The van der Waals surface area contributed by atoms with E-state index in [4.69, 9.17) is 4.74 Å². The van der Waals surface area contributed by atoms with Crippen molar-refractivity contribution in [3.05, 3.63) is 23.8 Å². The lowest BCUT2D eigenvalue weighted by Gasteiger charge is -2.26. The number of benzene rings is 1. The number of hydrogen-bond acceptors (Lipinski definition) is 4. The Morgan fingerprint density at radius 3 is 2.48 bits per heavy atom. The fourth-order valence-electron chi connectivity index (χ4n) is 2.34. The smallest absolute Gasteiger partial charge is 0.244 e. The van der Waals surface area contributed by atoms with Gasteiger partial charge in [-0.2, -0.15) is 0 Å². The van der Waals surface area contributed by atoms with E-state index in [0.717, 1.165) is 18.4 Å². The van der Waals surface area contributed by atoms with Crippen molar-refractivity contribution >= 4 is 10.0 Å². The van der Waals surface area contributed by atoms with Crippen LogP contribution in [0.5, 0.6) is 5.75 Å². The summed E-state index contributed by atoms with van der Waals surface area (Å²) < 4.78 is 33.1. The van der Waals surface area contributed by atoms with Crippen LogP contribution in [0.25, 0.3) is 0 Å². The van der Waals surface area contributed by atoms with Gasteiger partial charge in [0.05, 0.1) is 7.11 Å². The average Bonchev–Trinajstić information content (AvgIpc) is 2.37. The number of methoxy groups -OCH3 is 1. The summed E-state index contributed by atoms with van der Waals surface area (Å²) >= 11 is 0. The molecule has 0 heterocycles. The summed E-state index contributed by atoms with van der Waals surface area (Å²) in [5, 5.41) is 3.03. The van der Waals surface area contributed by atoms with E-state index in [1.807, 2.05) is 27.8 Å². The van der Waals surface area contributed by atoms with Gasteiger partial charge in [-0.15, -0.1) is 0 Å². The number of nitrogens with one attached hydrogen (secondary N) is 2. The van der Waals surface area contributed by atoms with Crippen LogP contribution in [0.2, 0.25) is 0 Å². The maximum Gasteiger partial charge on any atom is 0.244 e. The lowest BCUT2D eigenvalue weighted by molar-refractivity contribution is 0.395. The third-order valence-electron chi connectivity index (χ3n) is 3.18. The second-order valence-corrected chi connectivity index (χ2v) is 7.41. The molecule has 120 valence electrons. The van der Waals surface area contributed by atoms with Crippen molar-refractivity contribution in [2.24, 2.45) is 0 Å². The molecule has 0 aromatic heterocycles. The second-order valence-electron chi connectivity index (χ2n) is 5.75. The van der Waals surface area contributed by atoms with Gasteiger partial charge < -0.3 is 10.1 Å². The molecule has 0 amide bonds. The van der Waals surface area contributed by atoms with Crippen LogP contribution in [-0.4, -0.2) is 28.1 Å². The van der Waals surface area contributed by atoms with Crippen LogP contribution in [0.15, 0.2) is 23.1 Å². The van der Waals surface area contributed by atoms with Crippen molar-refractivity contribution in [2.75, 3.05) is 14.2 Å². The summed E-state index contributed by atoms with van der Waals surface area (Å²) in [7, 11) is -0.290. The summed E-state index contributed by atoms with van der Waals surface area (Å²) in [5.74, 6) is 0.363. The van der Waals surface area contributed by atoms with E-state index < -0.39 is 15.6 Å². The van der Waals surface area contributed by atoms with Crippen molar-refractivity contribution in [2.45, 2.75) is 50.6 Å². The number of ether oxygens (including phenoxy) is 1. The van der Waals surface area contributed by atoms with E-state index in [1.54, 1.807) is 18.2 Å². The molecule has 0 unspecified atom stereocenters. The number of rotatable bonds is 8. The van der Waals surface area contributed by atoms with Crippen LogP contribution < -0.4 is 14.8 Å². The molecule has 0 saturated heterocycles. The van der Waals surface area contributed by atoms with Crippen LogP contribution in [-0.2, 0) is 16.6 Å². The van der Waals surface area contributed by atoms with Crippen LogP contribution in [0.3, 0.4) is 0 Å². The van der Waals surface area contributed by atoms with E-state index in [2.05, 4.69) is 10.0 Å². The topological polar surface area (TPSA) is 67.4 Å². The van der Waals surface area contributed by atoms with Crippen molar-refractivity contribution in [3.8, 4) is 5.75 Å². The minimum atomic E-state index is -3.61. The summed E-state index contributed by atoms with van der Waals surface area (Å²) in [6, 6.07) is 5.13. The monoisotopic (exact) mass is 314 g/mol. The molecule has 5 nitrogen and oxygen atoms in total. The third-order valence-corrected chi connectivity index (χ3v) is 4.92. The van der Waals surface area contributed by atoms with Gasteiger partial charge >= 0.3 is 0 Å². The van der Waals surface area contributed by atoms with Crippen molar-refractivity contribution < 1.29 is 13.2 Å². The predicted molar refractivity (Wildman–Crippen MR) is 85.1 cm³/mol. The molecule has 1 rings (SSSR count). The van der Waals surface area contributed by atoms with Gasteiger partial charge in [-0.1, -0.05) is 19.4 Å². The van der Waals surface area contributed by atoms with E-state index in [0.29, 0.717) is 12.3 Å². The highest BCUT2D eigenvalue weighted by Crippen LogP contribution is 2.26. The molecule has 0 aliphatic heterocycles. The van der Waals surface area contributed by atoms with Gasteiger partial charge in [0.2, 0.25) is 10.0 Å². The fraction of sp³-hybridized carbons (Fsp3) is 0.600. The van der Waals surface area contributed by atoms with E-state index >= 15 is 0 Å². The maximum absolute atomic E-state index is 12.6. The molecule has 0 radical (unpaired) electrons. The Balaban J connectivity index is 3.13. The molecule has 2 N–H and O–H groups in total. The van der Waals surface area contributed by atoms with Crippen molar-refractivity contribution in [3.63, 3.8) is 0 Å². The average molecular weight is 314 g/mol. The van der Waals surface area contributed by atoms with E-state index in [-0.39, 0.29) is 4.90 Å². The highest BCUT2D eigenvalue weighted by molar-refractivity contribution is 7.89. The summed E-state index contributed by atoms with van der Waals surface area (Å²) in [4.78, 5) is 0.175. The van der Waals surface area contributed by atoms with Crippen LogP contribution in [0.4, 0.5) is 0 Å². The SMILES string of the molecule is CCCC(C)(C)NS(=O)(=O)c1ccc(CNC)cc1OC. The molecular formula is C15H26N2O3S. The largest absolute Gasteiger partial charge is 0.495 e. The van der Waals surface area contributed by atoms with E-state index in [1.165, 1.54) is 7.11 Å². The highest BCUT2D eigenvalue weighted by atomic mass is 32.2. The maximum atomic E-state index is 12.6. The third kappa shape index (κ3) is 4.98. The van der Waals surface area contributed by atoms with Crippen LogP contribution in [0.1, 0.15) is 39.2 Å². The molecule has 0 saturated carbocycles. The zero-order chi connectivity index (χ0) is 16.1. The summed E-state index contributed by atoms with van der Waals surface area (Å²) in [6.45, 7) is 6.46. The second kappa shape index (κ2) is 7.24. The molecular weight excluding hydrogens is 288 g/mol. The summed E-state index contributed by atoms with van der Waals surface area (Å²) in [5.41, 5.74) is 0.489. The van der Waals surface area contributed by atoms with Crippen molar-refractivity contribution in [1.29, 1.82) is 0 Å². The first-order valence-electron chi connectivity index (χ1n) is 7.11. The summed E-state index contributed by atoms with van der Waals surface area (Å²) in [6.07, 6.45) is 1.68. The lowest BCUT2D eigenvalue weighted by atomic mass is 10.0. The first-order valence-corrected chi connectivity index (χ1v) is 8.59. The molecule has 0 aliphatic carbocycles. The zero-order valence-corrected chi connectivity index (χ0v) is 14.3. The standard InChI is InChI=1S/C15H26N2O3S/c1-6-9-15(2,3)17-21(18,19)14-8-7-12(11-16-4)10-13(14)20-5/h7-8,10,16-17H,6,9,11H2,1-5H3. The molecule has 0 aliphatic rings. The molecule has 21 heavy (non-hydrogen) atoms. The molecule has 1 aromatic rings. The molecule has 0 spiro atoms. The van der Waals surface area contributed by atoms with Gasteiger partial charge in [-0.3, -0.25) is 0 Å². The van der Waals surface area contributed by atoms with Gasteiger partial charge in [0.15, 0.2) is 0 Å². The lowest BCUT2D eigenvalue weighted by Crippen LogP contribution is -2.43. The Morgan fingerprint density at radius 2 is 1.95 bits per heavy atom. The molecule has 6 heteroatoms. The normalized spacial score (nSPS) is 12.4. The highest BCUT2D eigenvalue weighted by Gasteiger charge is 2.27. The molecule has 0 bridgehead atoms. The predicted octanol–water partition coefficient (Wildman–Crippen LogP) is 2.27. The Hall–Kier alpha value is -1.11. The number of sulfonamides is 1. The first kappa shape index (κ1) is 17.9. The van der Waals surface area contributed by atoms with Crippen molar-refractivity contribution in [1.82, 2.24) is 10.0 Å². The molecule has 0 fully saturated rings.